The Morgan fingerprint density at radius 3 is 3.00 bits per heavy atom. The zero-order chi connectivity index (χ0) is 16.4. The molecule has 3 heterocycles. The summed E-state index contributed by atoms with van der Waals surface area (Å²) in [6.45, 7) is 3.20. The van der Waals surface area contributed by atoms with Crippen molar-refractivity contribution in [1.29, 1.82) is 0 Å². The Morgan fingerprint density at radius 1 is 1.48 bits per heavy atom. The number of nitrogens with zero attached hydrogens (tertiary/aromatic N) is 3. The van der Waals surface area contributed by atoms with E-state index < -0.39 is 5.91 Å². The summed E-state index contributed by atoms with van der Waals surface area (Å²) in [5.41, 5.74) is 5.88. The van der Waals surface area contributed by atoms with E-state index >= 15 is 0 Å². The van der Waals surface area contributed by atoms with Gasteiger partial charge in [-0.3, -0.25) is 9.59 Å². The molecule has 0 unspecified atom stereocenters. The first kappa shape index (κ1) is 15.3. The number of hydrogen-bond donors (Lipinski definition) is 1. The molecule has 1 atom stereocenters. The maximum absolute atomic E-state index is 12.6. The molecule has 0 bridgehead atoms. The molecule has 1 saturated heterocycles. The molecular weight excluding hydrogens is 296 g/mol. The van der Waals surface area contributed by atoms with E-state index in [1.165, 1.54) is 6.26 Å². The minimum atomic E-state index is -0.401. The van der Waals surface area contributed by atoms with Gasteiger partial charge in [0.2, 0.25) is 5.91 Å². The fourth-order valence-electron chi connectivity index (χ4n) is 3.13. The number of primary amides is 1. The van der Waals surface area contributed by atoms with E-state index in [2.05, 4.69) is 4.98 Å². The van der Waals surface area contributed by atoms with E-state index in [1.807, 2.05) is 4.90 Å². The van der Waals surface area contributed by atoms with Gasteiger partial charge >= 0.3 is 0 Å². The zero-order valence-electron chi connectivity index (χ0n) is 13.1. The molecule has 2 N–H and O–H groups in total. The monoisotopic (exact) mass is 316 g/mol. The van der Waals surface area contributed by atoms with Crippen LogP contribution in [0.1, 0.15) is 40.7 Å². The predicted octanol–water partition coefficient (Wildman–Crippen LogP) is 1.29. The van der Waals surface area contributed by atoms with Crippen LogP contribution in [0, 0.1) is 6.92 Å². The maximum atomic E-state index is 12.6. The van der Waals surface area contributed by atoms with Crippen molar-refractivity contribution in [1.82, 2.24) is 14.5 Å². The average molecular weight is 316 g/mol. The van der Waals surface area contributed by atoms with Crippen LogP contribution in [-0.4, -0.2) is 39.4 Å². The van der Waals surface area contributed by atoms with Crippen LogP contribution in [-0.2, 0) is 11.3 Å². The summed E-state index contributed by atoms with van der Waals surface area (Å²) >= 11 is 0. The molecule has 3 rings (SSSR count). The van der Waals surface area contributed by atoms with E-state index in [-0.39, 0.29) is 18.4 Å². The molecule has 1 aliphatic rings. The van der Waals surface area contributed by atoms with Crippen molar-refractivity contribution in [2.75, 3.05) is 13.1 Å². The Balaban J connectivity index is 1.76. The summed E-state index contributed by atoms with van der Waals surface area (Å²) in [4.78, 5) is 30.0. The summed E-state index contributed by atoms with van der Waals surface area (Å²) in [6, 6.07) is 1.70. The van der Waals surface area contributed by atoms with Gasteiger partial charge < -0.3 is 19.6 Å². The lowest BCUT2D eigenvalue weighted by molar-refractivity contribution is -0.118. The number of piperidine rings is 1. The Kier molecular flexibility index (Phi) is 4.18. The molecule has 0 saturated carbocycles. The number of hydrogen-bond acceptors (Lipinski definition) is 4. The second-order valence-electron chi connectivity index (χ2n) is 5.86. The van der Waals surface area contributed by atoms with Crippen molar-refractivity contribution < 1.29 is 14.0 Å². The smallest absolute Gasteiger partial charge is 0.257 e. The third-order valence-corrected chi connectivity index (χ3v) is 4.24. The lowest BCUT2D eigenvalue weighted by atomic mass is 9.96. The average Bonchev–Trinajstić information content (AvgIpc) is 3.15. The molecule has 0 spiro atoms. The van der Waals surface area contributed by atoms with Gasteiger partial charge in [-0.05, 0) is 25.8 Å². The van der Waals surface area contributed by atoms with Crippen LogP contribution in [0.15, 0.2) is 29.1 Å². The lowest BCUT2D eigenvalue weighted by Crippen LogP contribution is -2.40. The van der Waals surface area contributed by atoms with Gasteiger partial charge in [0.25, 0.3) is 5.91 Å². The number of nitrogens with two attached hydrogens (primary N) is 1. The number of furan rings is 1. The first-order valence-electron chi connectivity index (χ1n) is 7.69. The third-order valence-electron chi connectivity index (χ3n) is 4.24. The molecule has 122 valence electrons. The molecule has 23 heavy (non-hydrogen) atoms. The second-order valence-corrected chi connectivity index (χ2v) is 5.86. The van der Waals surface area contributed by atoms with E-state index in [4.69, 9.17) is 10.2 Å². The summed E-state index contributed by atoms with van der Waals surface area (Å²) in [6.07, 6.45) is 6.78. The predicted molar refractivity (Wildman–Crippen MR) is 82.7 cm³/mol. The highest BCUT2D eigenvalue weighted by molar-refractivity contribution is 5.95. The van der Waals surface area contributed by atoms with Crippen molar-refractivity contribution in [3.05, 3.63) is 41.9 Å². The van der Waals surface area contributed by atoms with Crippen LogP contribution in [0.5, 0.6) is 0 Å². The van der Waals surface area contributed by atoms with Crippen LogP contribution in [0.4, 0.5) is 0 Å². The summed E-state index contributed by atoms with van der Waals surface area (Å²) in [7, 11) is 0. The van der Waals surface area contributed by atoms with Gasteiger partial charge in [0, 0.05) is 31.4 Å². The van der Waals surface area contributed by atoms with Gasteiger partial charge in [-0.1, -0.05) is 0 Å². The molecule has 2 aromatic rings. The fourth-order valence-corrected chi connectivity index (χ4v) is 3.13. The Morgan fingerprint density at radius 2 is 2.30 bits per heavy atom. The normalized spacial score (nSPS) is 18.1. The molecule has 0 aromatic carbocycles. The van der Waals surface area contributed by atoms with Crippen LogP contribution in [0.3, 0.4) is 0 Å². The van der Waals surface area contributed by atoms with Gasteiger partial charge in [-0.25, -0.2) is 4.98 Å². The van der Waals surface area contributed by atoms with Crippen LogP contribution in [0.25, 0.3) is 0 Å². The third kappa shape index (κ3) is 3.13. The van der Waals surface area contributed by atoms with Crippen molar-refractivity contribution in [2.24, 2.45) is 5.73 Å². The lowest BCUT2D eigenvalue weighted by Gasteiger charge is -2.32. The molecule has 0 radical (unpaired) electrons. The standard InChI is InChI=1S/C16H20N4O3/c1-11-13(4-8-23-11)16(22)20-6-2-3-12(9-20)15-18-5-7-19(15)10-14(17)21/h4-5,7-8,12H,2-3,6,9-10H2,1H3,(H2,17,21)/t12-/m1/s1. The summed E-state index contributed by atoms with van der Waals surface area (Å²) < 4.78 is 6.99. The van der Waals surface area contributed by atoms with Crippen molar-refractivity contribution in [3.63, 3.8) is 0 Å². The summed E-state index contributed by atoms with van der Waals surface area (Å²) in [5.74, 6) is 1.13. The first-order chi connectivity index (χ1) is 11.1. The van der Waals surface area contributed by atoms with Gasteiger partial charge in [0.05, 0.1) is 11.8 Å². The number of likely N-dealkylation sites (tertiary alicyclic amines) is 1. The van der Waals surface area contributed by atoms with E-state index in [0.29, 0.717) is 17.9 Å². The Labute approximate surface area is 134 Å². The first-order valence-corrected chi connectivity index (χ1v) is 7.69. The van der Waals surface area contributed by atoms with Gasteiger partial charge in [0.15, 0.2) is 0 Å². The number of carbonyl (C=O) groups is 2. The van der Waals surface area contributed by atoms with E-state index in [0.717, 1.165) is 25.2 Å². The second kappa shape index (κ2) is 6.28. The number of carbonyl (C=O) groups excluding carboxylic acids is 2. The molecule has 1 aliphatic heterocycles. The van der Waals surface area contributed by atoms with Crippen LogP contribution < -0.4 is 5.73 Å². The number of rotatable bonds is 4. The quantitative estimate of drug-likeness (QED) is 0.919. The van der Waals surface area contributed by atoms with Gasteiger partial charge in [-0.15, -0.1) is 0 Å². The fraction of sp³-hybridized carbons (Fsp3) is 0.438. The molecule has 2 aromatic heterocycles. The number of aryl methyl sites for hydroxylation is 1. The Hall–Kier alpha value is -2.57. The zero-order valence-corrected chi connectivity index (χ0v) is 13.1. The highest BCUT2D eigenvalue weighted by Crippen LogP contribution is 2.27. The maximum Gasteiger partial charge on any atom is 0.257 e. The SMILES string of the molecule is Cc1occc1C(=O)N1CCC[C@@H](c2nccn2CC(N)=O)C1. The van der Waals surface area contributed by atoms with Gasteiger partial charge in [-0.2, -0.15) is 0 Å². The van der Waals surface area contributed by atoms with Crippen LogP contribution in [0.2, 0.25) is 0 Å². The highest BCUT2D eigenvalue weighted by Gasteiger charge is 2.29. The van der Waals surface area contributed by atoms with Crippen molar-refractivity contribution >= 4 is 11.8 Å². The van der Waals surface area contributed by atoms with Gasteiger partial charge in [0.1, 0.15) is 18.1 Å². The highest BCUT2D eigenvalue weighted by atomic mass is 16.3. The molecule has 1 fully saturated rings. The molecule has 0 aliphatic carbocycles. The number of amides is 2. The van der Waals surface area contributed by atoms with Crippen LogP contribution >= 0.6 is 0 Å². The molecule has 7 heteroatoms. The molecule has 7 nitrogen and oxygen atoms in total. The number of aromatic nitrogens is 2. The van der Waals surface area contributed by atoms with Crippen molar-refractivity contribution in [2.45, 2.75) is 32.2 Å². The topological polar surface area (TPSA) is 94.4 Å². The largest absolute Gasteiger partial charge is 0.469 e. The minimum Gasteiger partial charge on any atom is -0.469 e. The molecular formula is C16H20N4O3. The summed E-state index contributed by atoms with van der Waals surface area (Å²) in [5, 5.41) is 0. The van der Waals surface area contributed by atoms with E-state index in [1.54, 1.807) is 30.0 Å². The Bertz CT molecular complexity index is 718. The van der Waals surface area contributed by atoms with E-state index in [9.17, 15) is 9.59 Å². The number of imidazole rings is 1. The minimum absolute atomic E-state index is 0.0195. The van der Waals surface area contributed by atoms with Crippen molar-refractivity contribution in [3.8, 4) is 0 Å². The molecule has 2 amide bonds.